The van der Waals surface area contributed by atoms with Crippen LogP contribution in [0.2, 0.25) is 0 Å². The molecule has 5 heteroatoms. The predicted octanol–water partition coefficient (Wildman–Crippen LogP) is 3.21. The molecule has 1 aromatic heterocycles. The van der Waals surface area contributed by atoms with Crippen molar-refractivity contribution < 1.29 is 4.79 Å². The number of carbonyl (C=O) groups is 1. The number of hydrogen-bond acceptors (Lipinski definition) is 3. The van der Waals surface area contributed by atoms with E-state index in [0.717, 1.165) is 41.6 Å². The van der Waals surface area contributed by atoms with Gasteiger partial charge in [-0.05, 0) is 38.0 Å². The van der Waals surface area contributed by atoms with Crippen LogP contribution in [0, 0.1) is 5.92 Å². The number of aryl methyl sites for hydroxylation is 1. The maximum absolute atomic E-state index is 12.1. The zero-order chi connectivity index (χ0) is 14.1. The molecule has 0 unspecified atom stereocenters. The van der Waals surface area contributed by atoms with Crippen molar-refractivity contribution in [2.45, 2.75) is 39.2 Å². The molecule has 1 heterocycles. The molecule has 0 aliphatic heterocycles. The second-order valence-corrected chi connectivity index (χ2v) is 6.26. The summed E-state index contributed by atoms with van der Waals surface area (Å²) < 4.78 is 2.68. The number of fused-ring (bicyclic) bond motifs is 1. The zero-order valence-electron chi connectivity index (χ0n) is 11.5. The van der Waals surface area contributed by atoms with Crippen molar-refractivity contribution in [3.8, 4) is 0 Å². The van der Waals surface area contributed by atoms with E-state index >= 15 is 0 Å². The van der Waals surface area contributed by atoms with Crippen molar-refractivity contribution in [2.75, 3.05) is 5.32 Å². The smallest absolute Gasteiger partial charge is 0.308 e. The van der Waals surface area contributed by atoms with Gasteiger partial charge in [-0.2, -0.15) is 0 Å². The van der Waals surface area contributed by atoms with Crippen LogP contribution in [0.5, 0.6) is 0 Å². The molecular formula is C15H18N2O2S. The molecule has 4 nitrogen and oxygen atoms in total. The molecule has 1 saturated carbocycles. The van der Waals surface area contributed by atoms with E-state index in [1.165, 1.54) is 11.3 Å². The van der Waals surface area contributed by atoms with Gasteiger partial charge in [0.05, 0.1) is 10.2 Å². The van der Waals surface area contributed by atoms with E-state index in [2.05, 4.69) is 5.32 Å². The van der Waals surface area contributed by atoms with Crippen LogP contribution in [0.25, 0.3) is 10.2 Å². The summed E-state index contributed by atoms with van der Waals surface area (Å²) >= 11 is 1.23. The average Bonchev–Trinajstić information content (AvgIpc) is 3.04. The van der Waals surface area contributed by atoms with Gasteiger partial charge in [0.15, 0.2) is 0 Å². The summed E-state index contributed by atoms with van der Waals surface area (Å²) in [7, 11) is 0. The Morgan fingerprint density at radius 1 is 1.40 bits per heavy atom. The van der Waals surface area contributed by atoms with Crippen LogP contribution in [0.4, 0.5) is 5.69 Å². The molecule has 2 aromatic rings. The normalized spacial score (nSPS) is 15.8. The number of thiazole rings is 1. The number of aromatic nitrogens is 1. The van der Waals surface area contributed by atoms with Crippen molar-refractivity contribution in [3.05, 3.63) is 27.9 Å². The van der Waals surface area contributed by atoms with E-state index < -0.39 is 0 Å². The molecule has 0 bridgehead atoms. The topological polar surface area (TPSA) is 51.1 Å². The molecule has 0 spiro atoms. The highest BCUT2D eigenvalue weighted by Gasteiger charge is 2.22. The first kappa shape index (κ1) is 13.4. The Morgan fingerprint density at radius 3 is 2.85 bits per heavy atom. The van der Waals surface area contributed by atoms with Crippen LogP contribution in [-0.4, -0.2) is 10.5 Å². The molecule has 1 fully saturated rings. The third-order valence-corrected chi connectivity index (χ3v) is 4.92. The van der Waals surface area contributed by atoms with Gasteiger partial charge >= 0.3 is 4.87 Å². The number of hydrogen-bond donors (Lipinski definition) is 1. The third-order valence-electron chi connectivity index (χ3n) is 3.98. The number of rotatable bonds is 3. The lowest BCUT2D eigenvalue weighted by molar-refractivity contribution is -0.119. The minimum absolute atomic E-state index is 0.0572. The quantitative estimate of drug-likeness (QED) is 0.943. The predicted molar refractivity (Wildman–Crippen MR) is 82.3 cm³/mol. The van der Waals surface area contributed by atoms with Gasteiger partial charge in [0, 0.05) is 18.2 Å². The van der Waals surface area contributed by atoms with E-state index in [4.69, 9.17) is 0 Å². The minimum Gasteiger partial charge on any atom is -0.326 e. The largest absolute Gasteiger partial charge is 0.326 e. The first-order chi connectivity index (χ1) is 9.69. The number of nitrogens with one attached hydrogen (secondary N) is 1. The van der Waals surface area contributed by atoms with Gasteiger partial charge in [-0.25, -0.2) is 0 Å². The molecule has 1 N–H and O–H groups in total. The van der Waals surface area contributed by atoms with Crippen molar-refractivity contribution in [3.63, 3.8) is 0 Å². The minimum atomic E-state index is 0.0572. The number of anilines is 1. The average molecular weight is 290 g/mol. The van der Waals surface area contributed by atoms with Crippen LogP contribution in [0.1, 0.15) is 32.6 Å². The van der Waals surface area contributed by atoms with Crippen LogP contribution in [0.3, 0.4) is 0 Å². The number of nitrogens with zero attached hydrogens (tertiary/aromatic N) is 1. The fraction of sp³-hybridized carbons (Fsp3) is 0.467. The van der Waals surface area contributed by atoms with Gasteiger partial charge in [-0.3, -0.25) is 14.2 Å². The van der Waals surface area contributed by atoms with E-state index in [1.807, 2.05) is 25.1 Å². The molecule has 1 aromatic carbocycles. The summed E-state index contributed by atoms with van der Waals surface area (Å²) in [5, 5.41) is 2.98. The van der Waals surface area contributed by atoms with Gasteiger partial charge < -0.3 is 5.32 Å². The Morgan fingerprint density at radius 2 is 2.15 bits per heavy atom. The zero-order valence-corrected chi connectivity index (χ0v) is 12.3. The lowest BCUT2D eigenvalue weighted by Crippen LogP contribution is -2.20. The Kier molecular flexibility index (Phi) is 3.61. The van der Waals surface area contributed by atoms with Gasteiger partial charge in [-0.1, -0.05) is 24.2 Å². The lowest BCUT2D eigenvalue weighted by atomic mass is 10.1. The Hall–Kier alpha value is -1.62. The molecule has 0 saturated heterocycles. The van der Waals surface area contributed by atoms with E-state index in [0.29, 0.717) is 6.54 Å². The molecule has 1 amide bonds. The van der Waals surface area contributed by atoms with E-state index in [1.54, 1.807) is 4.57 Å². The number of amides is 1. The molecular weight excluding hydrogens is 272 g/mol. The van der Waals surface area contributed by atoms with Gasteiger partial charge in [0.1, 0.15) is 0 Å². The highest BCUT2D eigenvalue weighted by Crippen LogP contribution is 2.27. The van der Waals surface area contributed by atoms with Crippen molar-refractivity contribution >= 4 is 33.1 Å². The SMILES string of the molecule is CCn1c(=O)sc2cc(NC(=O)C3CCCC3)ccc21. The maximum atomic E-state index is 12.1. The van der Waals surface area contributed by atoms with Crippen LogP contribution >= 0.6 is 11.3 Å². The fourth-order valence-electron chi connectivity index (χ4n) is 2.88. The summed E-state index contributed by atoms with van der Waals surface area (Å²) in [6, 6.07) is 5.70. The van der Waals surface area contributed by atoms with Crippen LogP contribution < -0.4 is 10.2 Å². The Labute approximate surface area is 121 Å². The summed E-state index contributed by atoms with van der Waals surface area (Å²) in [6.45, 7) is 2.63. The second kappa shape index (κ2) is 5.40. The molecule has 1 aliphatic carbocycles. The fourth-order valence-corrected chi connectivity index (χ4v) is 3.87. The molecule has 20 heavy (non-hydrogen) atoms. The highest BCUT2D eigenvalue weighted by molar-refractivity contribution is 7.16. The van der Waals surface area contributed by atoms with Crippen molar-refractivity contribution in [1.29, 1.82) is 0 Å². The molecule has 1 aliphatic rings. The summed E-state index contributed by atoms with van der Waals surface area (Å²) in [5.41, 5.74) is 1.74. The summed E-state index contributed by atoms with van der Waals surface area (Å²) in [6.07, 6.45) is 4.29. The molecule has 0 atom stereocenters. The molecule has 106 valence electrons. The van der Waals surface area contributed by atoms with E-state index in [9.17, 15) is 9.59 Å². The lowest BCUT2D eigenvalue weighted by Gasteiger charge is -2.10. The summed E-state index contributed by atoms with van der Waals surface area (Å²) in [5.74, 6) is 0.272. The van der Waals surface area contributed by atoms with Gasteiger partial charge in [-0.15, -0.1) is 0 Å². The van der Waals surface area contributed by atoms with Crippen LogP contribution in [0.15, 0.2) is 23.0 Å². The monoisotopic (exact) mass is 290 g/mol. The standard InChI is InChI=1S/C15H18N2O2S/c1-2-17-12-8-7-11(9-13(12)20-15(17)19)16-14(18)10-5-3-4-6-10/h7-10H,2-6H2,1H3,(H,16,18). The first-order valence-electron chi connectivity index (χ1n) is 7.13. The summed E-state index contributed by atoms with van der Waals surface area (Å²) in [4.78, 5) is 24.0. The first-order valence-corrected chi connectivity index (χ1v) is 7.95. The molecule has 0 radical (unpaired) electrons. The van der Waals surface area contributed by atoms with Crippen LogP contribution in [-0.2, 0) is 11.3 Å². The third kappa shape index (κ3) is 2.38. The Bertz CT molecular complexity index is 695. The molecule has 3 rings (SSSR count). The number of benzene rings is 1. The maximum Gasteiger partial charge on any atom is 0.308 e. The highest BCUT2D eigenvalue weighted by atomic mass is 32.1. The van der Waals surface area contributed by atoms with E-state index in [-0.39, 0.29) is 16.7 Å². The van der Waals surface area contributed by atoms with Crippen molar-refractivity contribution in [2.24, 2.45) is 5.92 Å². The Balaban J connectivity index is 1.86. The van der Waals surface area contributed by atoms with Gasteiger partial charge in [0.25, 0.3) is 0 Å². The second-order valence-electron chi connectivity index (χ2n) is 5.27. The van der Waals surface area contributed by atoms with Crippen molar-refractivity contribution in [1.82, 2.24) is 4.57 Å². The van der Waals surface area contributed by atoms with Gasteiger partial charge in [0.2, 0.25) is 5.91 Å². The number of carbonyl (C=O) groups excluding carboxylic acids is 1.